The molecular formula is C18H25N3O3S. The molecule has 1 fully saturated rings. The number of anilines is 1. The normalized spacial score (nSPS) is 21.8. The third kappa shape index (κ3) is 4.21. The van der Waals surface area contributed by atoms with Gasteiger partial charge in [-0.1, -0.05) is 13.3 Å². The number of primary amides is 1. The maximum atomic E-state index is 12.2. The van der Waals surface area contributed by atoms with Crippen molar-refractivity contribution in [2.45, 2.75) is 51.9 Å². The number of rotatable bonds is 6. The second-order valence-electron chi connectivity index (χ2n) is 7.04. The van der Waals surface area contributed by atoms with E-state index in [1.165, 1.54) is 11.3 Å². The topological polar surface area (TPSA) is 101 Å². The first-order valence-electron chi connectivity index (χ1n) is 8.99. The van der Waals surface area contributed by atoms with E-state index in [2.05, 4.69) is 10.6 Å². The Morgan fingerprint density at radius 1 is 1.20 bits per heavy atom. The van der Waals surface area contributed by atoms with Gasteiger partial charge >= 0.3 is 0 Å². The van der Waals surface area contributed by atoms with Crippen molar-refractivity contribution in [1.82, 2.24) is 5.32 Å². The lowest BCUT2D eigenvalue weighted by Gasteiger charge is -2.07. The minimum absolute atomic E-state index is 0.0287. The van der Waals surface area contributed by atoms with Gasteiger partial charge < -0.3 is 16.4 Å². The van der Waals surface area contributed by atoms with Gasteiger partial charge in [-0.3, -0.25) is 14.4 Å². The molecule has 0 radical (unpaired) electrons. The molecule has 3 rings (SSSR count). The number of carbonyl (C=O) groups excluding carboxylic acids is 3. The Kier molecular flexibility index (Phi) is 5.42. The van der Waals surface area contributed by atoms with Crippen LogP contribution in [0.25, 0.3) is 0 Å². The van der Waals surface area contributed by atoms with Crippen molar-refractivity contribution in [3.8, 4) is 0 Å². The maximum Gasteiger partial charge on any atom is 0.251 e. The fourth-order valence-electron chi connectivity index (χ4n) is 3.40. The predicted molar refractivity (Wildman–Crippen MR) is 97.6 cm³/mol. The van der Waals surface area contributed by atoms with E-state index >= 15 is 0 Å². The Labute approximate surface area is 151 Å². The first-order valence-corrected chi connectivity index (χ1v) is 9.81. The second kappa shape index (κ2) is 7.56. The van der Waals surface area contributed by atoms with E-state index in [9.17, 15) is 14.4 Å². The van der Waals surface area contributed by atoms with Crippen LogP contribution in [0.4, 0.5) is 5.00 Å². The number of nitrogens with one attached hydrogen (secondary N) is 2. The van der Waals surface area contributed by atoms with Gasteiger partial charge in [0.15, 0.2) is 0 Å². The van der Waals surface area contributed by atoms with E-state index in [-0.39, 0.29) is 24.2 Å². The van der Waals surface area contributed by atoms with Crippen LogP contribution >= 0.6 is 11.3 Å². The van der Waals surface area contributed by atoms with E-state index < -0.39 is 5.91 Å². The monoisotopic (exact) mass is 363 g/mol. The largest absolute Gasteiger partial charge is 0.365 e. The Morgan fingerprint density at radius 3 is 2.60 bits per heavy atom. The molecule has 0 aromatic carbocycles. The average molecular weight is 363 g/mol. The van der Waals surface area contributed by atoms with Gasteiger partial charge in [0.2, 0.25) is 11.8 Å². The van der Waals surface area contributed by atoms with E-state index in [0.717, 1.165) is 49.0 Å². The summed E-state index contributed by atoms with van der Waals surface area (Å²) in [5.74, 6) is -0.0966. The van der Waals surface area contributed by atoms with Gasteiger partial charge in [0, 0.05) is 23.8 Å². The molecule has 1 heterocycles. The minimum atomic E-state index is -0.481. The third-order valence-electron chi connectivity index (χ3n) is 5.02. The average Bonchev–Trinajstić information content (AvgIpc) is 3.24. The molecule has 0 bridgehead atoms. The summed E-state index contributed by atoms with van der Waals surface area (Å²) in [6, 6.07) is 0. The van der Waals surface area contributed by atoms with Crippen LogP contribution in [-0.4, -0.2) is 24.3 Å². The summed E-state index contributed by atoms with van der Waals surface area (Å²) in [4.78, 5) is 37.0. The lowest BCUT2D eigenvalue weighted by atomic mass is 10.1. The zero-order chi connectivity index (χ0) is 18.0. The summed E-state index contributed by atoms with van der Waals surface area (Å²) in [5.41, 5.74) is 7.06. The molecule has 2 unspecified atom stereocenters. The SMILES string of the molecule is CC1CC1C(=O)NCCC(=O)Nc1sc2c(c1C(N)=O)CCCCC2. The van der Waals surface area contributed by atoms with E-state index in [1.54, 1.807) is 0 Å². The fourth-order valence-corrected chi connectivity index (χ4v) is 4.71. The van der Waals surface area contributed by atoms with E-state index in [1.807, 2.05) is 6.92 Å². The van der Waals surface area contributed by atoms with E-state index in [4.69, 9.17) is 5.73 Å². The van der Waals surface area contributed by atoms with Crippen molar-refractivity contribution < 1.29 is 14.4 Å². The van der Waals surface area contributed by atoms with Crippen LogP contribution in [0.5, 0.6) is 0 Å². The second-order valence-corrected chi connectivity index (χ2v) is 8.15. The summed E-state index contributed by atoms with van der Waals surface area (Å²) >= 11 is 1.47. The molecule has 1 saturated carbocycles. The van der Waals surface area contributed by atoms with Gasteiger partial charge in [0.1, 0.15) is 5.00 Å². The molecule has 136 valence electrons. The molecule has 2 atom stereocenters. The summed E-state index contributed by atoms with van der Waals surface area (Å²) < 4.78 is 0. The zero-order valence-corrected chi connectivity index (χ0v) is 15.3. The predicted octanol–water partition coefficient (Wildman–Crippen LogP) is 2.22. The van der Waals surface area contributed by atoms with Crippen LogP contribution in [0.15, 0.2) is 0 Å². The van der Waals surface area contributed by atoms with Crippen LogP contribution in [0.2, 0.25) is 0 Å². The molecule has 6 nitrogen and oxygen atoms in total. The Hall–Kier alpha value is -1.89. The molecule has 2 aliphatic carbocycles. The van der Waals surface area contributed by atoms with Crippen LogP contribution in [0.1, 0.15) is 59.8 Å². The number of thiophene rings is 1. The van der Waals surface area contributed by atoms with Crippen LogP contribution < -0.4 is 16.4 Å². The maximum absolute atomic E-state index is 12.2. The minimum Gasteiger partial charge on any atom is -0.365 e. The lowest BCUT2D eigenvalue weighted by molar-refractivity contribution is -0.122. The Balaban J connectivity index is 1.59. The number of hydrogen-bond donors (Lipinski definition) is 3. The summed E-state index contributed by atoms with van der Waals surface area (Å²) in [7, 11) is 0. The smallest absolute Gasteiger partial charge is 0.251 e. The van der Waals surface area contributed by atoms with Gasteiger partial charge in [0.25, 0.3) is 5.91 Å². The molecule has 3 amide bonds. The molecule has 2 aliphatic rings. The van der Waals surface area contributed by atoms with Crippen molar-refractivity contribution in [1.29, 1.82) is 0 Å². The molecule has 1 aromatic heterocycles. The molecule has 25 heavy (non-hydrogen) atoms. The number of fused-ring (bicyclic) bond motifs is 1. The number of nitrogens with two attached hydrogens (primary N) is 1. The molecular weight excluding hydrogens is 338 g/mol. The molecule has 0 saturated heterocycles. The van der Waals surface area contributed by atoms with Gasteiger partial charge in [0.05, 0.1) is 5.56 Å². The van der Waals surface area contributed by atoms with Crippen molar-refractivity contribution in [2.24, 2.45) is 17.6 Å². The quantitative estimate of drug-likeness (QED) is 0.675. The third-order valence-corrected chi connectivity index (χ3v) is 6.23. The fraction of sp³-hybridized carbons (Fsp3) is 0.611. The van der Waals surface area contributed by atoms with Crippen LogP contribution in [0, 0.1) is 11.8 Å². The number of hydrogen-bond acceptors (Lipinski definition) is 4. The standard InChI is InChI=1S/C18H25N3O3S/c1-10-9-12(10)17(24)20-8-7-14(22)21-18-15(16(19)23)11-5-3-2-4-6-13(11)25-18/h10,12H,2-9H2,1H3,(H2,19,23)(H,20,24)(H,21,22). The summed E-state index contributed by atoms with van der Waals surface area (Å²) in [6.07, 6.45) is 6.20. The summed E-state index contributed by atoms with van der Waals surface area (Å²) in [6.45, 7) is 2.36. The van der Waals surface area contributed by atoms with Crippen molar-refractivity contribution in [3.63, 3.8) is 0 Å². The highest BCUT2D eigenvalue weighted by atomic mass is 32.1. The summed E-state index contributed by atoms with van der Waals surface area (Å²) in [5, 5.41) is 6.18. The van der Waals surface area contributed by atoms with Gasteiger partial charge in [-0.15, -0.1) is 11.3 Å². The Bertz CT molecular complexity index is 698. The van der Waals surface area contributed by atoms with Crippen LogP contribution in [0.3, 0.4) is 0 Å². The highest BCUT2D eigenvalue weighted by Gasteiger charge is 2.38. The first kappa shape index (κ1) is 17.9. The van der Waals surface area contributed by atoms with Gasteiger partial charge in [-0.2, -0.15) is 0 Å². The molecule has 4 N–H and O–H groups in total. The zero-order valence-electron chi connectivity index (χ0n) is 14.5. The molecule has 1 aromatic rings. The van der Waals surface area contributed by atoms with Crippen molar-refractivity contribution >= 4 is 34.1 Å². The van der Waals surface area contributed by atoms with E-state index in [0.29, 0.717) is 23.0 Å². The first-order chi connectivity index (χ1) is 12.0. The molecule has 0 aliphatic heterocycles. The highest BCUT2D eigenvalue weighted by molar-refractivity contribution is 7.17. The highest BCUT2D eigenvalue weighted by Crippen LogP contribution is 2.38. The number of carbonyl (C=O) groups is 3. The van der Waals surface area contributed by atoms with Gasteiger partial charge in [-0.25, -0.2) is 0 Å². The van der Waals surface area contributed by atoms with Crippen molar-refractivity contribution in [2.75, 3.05) is 11.9 Å². The Morgan fingerprint density at radius 2 is 1.92 bits per heavy atom. The number of aryl methyl sites for hydroxylation is 1. The molecule has 0 spiro atoms. The molecule has 7 heteroatoms. The van der Waals surface area contributed by atoms with Crippen LogP contribution in [-0.2, 0) is 22.4 Å². The van der Waals surface area contributed by atoms with Crippen molar-refractivity contribution in [3.05, 3.63) is 16.0 Å². The lowest BCUT2D eigenvalue weighted by Crippen LogP contribution is -2.29. The van der Waals surface area contributed by atoms with Gasteiger partial charge in [-0.05, 0) is 43.6 Å². The number of amides is 3.